The Hall–Kier alpha value is -3.32. The van der Waals surface area contributed by atoms with Crippen LogP contribution in [-0.2, 0) is 16.5 Å². The average molecular weight is 486 g/mol. The van der Waals surface area contributed by atoms with Gasteiger partial charge in [0.1, 0.15) is 5.54 Å². The van der Waals surface area contributed by atoms with Crippen LogP contribution in [0.2, 0.25) is 0 Å². The predicted octanol–water partition coefficient (Wildman–Crippen LogP) is 7.11. The Bertz CT molecular complexity index is 1890. The third-order valence-corrected chi connectivity index (χ3v) is 13.6. The lowest BCUT2D eigenvalue weighted by Crippen LogP contribution is -2.79. The third-order valence-electron chi connectivity index (χ3n) is 13.6. The molecule has 12 aliphatic rings. The van der Waals surface area contributed by atoms with Crippen molar-refractivity contribution in [2.45, 2.75) is 48.6 Å². The molecular formula is C37H27N. The molecule has 180 valence electrons. The fourth-order valence-corrected chi connectivity index (χ4v) is 12.6. The molecule has 1 aromatic carbocycles. The molecule has 6 unspecified atom stereocenters. The van der Waals surface area contributed by atoms with Gasteiger partial charge in [0.25, 0.3) is 0 Å². The lowest BCUT2D eigenvalue weighted by Gasteiger charge is -2.79. The molecule has 1 saturated carbocycles. The quantitative estimate of drug-likeness (QED) is 0.379. The van der Waals surface area contributed by atoms with Crippen LogP contribution in [-0.4, -0.2) is 4.90 Å². The third kappa shape index (κ3) is 1.34. The van der Waals surface area contributed by atoms with E-state index in [9.17, 15) is 0 Å². The molecule has 1 heteroatoms. The molecule has 1 nitrogen and oxygen atoms in total. The van der Waals surface area contributed by atoms with Gasteiger partial charge in [0.05, 0.1) is 11.2 Å². The molecule has 8 aliphatic carbocycles. The van der Waals surface area contributed by atoms with Crippen LogP contribution >= 0.6 is 0 Å². The summed E-state index contributed by atoms with van der Waals surface area (Å²) in [6.45, 7) is 0. The van der Waals surface area contributed by atoms with Crippen molar-refractivity contribution >= 4 is 0 Å². The number of hydrogen-bond donors (Lipinski definition) is 0. The van der Waals surface area contributed by atoms with E-state index >= 15 is 0 Å². The maximum atomic E-state index is 3.07. The Kier molecular flexibility index (Phi) is 2.33. The van der Waals surface area contributed by atoms with Gasteiger partial charge in [-0.15, -0.1) is 0 Å². The molecule has 4 aliphatic heterocycles. The summed E-state index contributed by atoms with van der Waals surface area (Å²) in [6.07, 6.45) is 30.0. The molecular weight excluding hydrogens is 458 g/mol. The molecule has 0 aromatic heterocycles. The van der Waals surface area contributed by atoms with Crippen LogP contribution in [0.1, 0.15) is 48.8 Å². The molecule has 0 N–H and O–H groups in total. The molecule has 2 fully saturated rings. The van der Waals surface area contributed by atoms with Gasteiger partial charge < -0.3 is 4.90 Å². The number of benzene rings is 1. The van der Waals surface area contributed by atoms with Gasteiger partial charge in [0.15, 0.2) is 0 Å². The number of nitrogens with zero attached hydrogens (tertiary/aromatic N) is 1. The van der Waals surface area contributed by atoms with Gasteiger partial charge >= 0.3 is 0 Å². The molecule has 0 amide bonds. The zero-order valence-corrected chi connectivity index (χ0v) is 21.3. The molecule has 38 heavy (non-hydrogen) atoms. The predicted molar refractivity (Wildman–Crippen MR) is 147 cm³/mol. The highest BCUT2D eigenvalue weighted by Gasteiger charge is 2.79. The standard InChI is InChI=1S/C37H27N/c1-2-19-4-8-23-17-35-13-14-36-12-11-20-5-7-22-15-21-6-3-18(1)27-28(19)30(23)33-32(29(21)27)31(22)34(20)38(36)37(33,35)26-16-24(36)9-10-25(26)35/h3-6,8-12,15-19,22,27-28H,1-2,7,13-14H2/t18?,19?,22?,27?,28?,35-,36+,37?/m0/s1. The highest BCUT2D eigenvalue weighted by Crippen LogP contribution is 2.82. The van der Waals surface area contributed by atoms with Crippen LogP contribution in [0.15, 0.2) is 123 Å². The van der Waals surface area contributed by atoms with Crippen LogP contribution in [0, 0.1) is 29.6 Å². The van der Waals surface area contributed by atoms with Gasteiger partial charge in [-0.3, -0.25) is 0 Å². The fourth-order valence-electron chi connectivity index (χ4n) is 12.6. The van der Waals surface area contributed by atoms with Crippen LogP contribution in [0.5, 0.6) is 0 Å². The minimum atomic E-state index is -0.0160. The monoisotopic (exact) mass is 485 g/mol. The van der Waals surface area contributed by atoms with Crippen molar-refractivity contribution in [1.29, 1.82) is 0 Å². The summed E-state index contributed by atoms with van der Waals surface area (Å²) < 4.78 is 0. The van der Waals surface area contributed by atoms with Crippen LogP contribution < -0.4 is 0 Å². The number of piperidine rings is 1. The largest absolute Gasteiger partial charge is 0.342 e. The van der Waals surface area contributed by atoms with E-state index in [0.717, 1.165) is 6.42 Å². The fraction of sp³-hybridized carbons (Fsp3) is 0.351. The zero-order valence-electron chi connectivity index (χ0n) is 21.3. The molecule has 1 spiro atoms. The number of hydrogen-bond acceptors (Lipinski definition) is 1. The van der Waals surface area contributed by atoms with Crippen molar-refractivity contribution in [3.8, 4) is 0 Å². The Morgan fingerprint density at radius 2 is 1.68 bits per heavy atom. The first kappa shape index (κ1) is 18.1. The van der Waals surface area contributed by atoms with Gasteiger partial charge in [-0.1, -0.05) is 72.9 Å². The van der Waals surface area contributed by atoms with Gasteiger partial charge in [0.2, 0.25) is 0 Å². The second-order valence-corrected chi connectivity index (χ2v) is 14.3. The van der Waals surface area contributed by atoms with E-state index in [1.165, 1.54) is 36.8 Å². The molecule has 8 atom stereocenters. The van der Waals surface area contributed by atoms with Gasteiger partial charge in [-0.25, -0.2) is 0 Å². The average Bonchev–Trinajstić information content (AvgIpc) is 2.95. The Labute approximate surface area is 222 Å². The smallest absolute Gasteiger partial charge is 0.106 e. The summed E-state index contributed by atoms with van der Waals surface area (Å²) in [6, 6.07) is 7.69. The summed E-state index contributed by atoms with van der Waals surface area (Å²) in [7, 11) is 0. The van der Waals surface area contributed by atoms with Crippen LogP contribution in [0.4, 0.5) is 0 Å². The zero-order chi connectivity index (χ0) is 23.9. The van der Waals surface area contributed by atoms with Crippen molar-refractivity contribution in [3.63, 3.8) is 0 Å². The van der Waals surface area contributed by atoms with Crippen LogP contribution in [0.3, 0.4) is 0 Å². The number of rotatable bonds is 0. The van der Waals surface area contributed by atoms with Crippen LogP contribution in [0.25, 0.3) is 0 Å². The van der Waals surface area contributed by atoms with E-state index in [4.69, 9.17) is 0 Å². The Balaban J connectivity index is 1.33. The van der Waals surface area contributed by atoms with E-state index in [-0.39, 0.29) is 16.5 Å². The van der Waals surface area contributed by atoms with Crippen molar-refractivity contribution in [2.75, 3.05) is 0 Å². The molecule has 4 bridgehead atoms. The lowest BCUT2D eigenvalue weighted by atomic mass is 9.34. The first-order valence-corrected chi connectivity index (χ1v) is 15.2. The maximum absolute atomic E-state index is 3.07. The normalized spacial score (nSPS) is 47.8. The van der Waals surface area contributed by atoms with E-state index in [1.807, 2.05) is 0 Å². The first-order valence-electron chi connectivity index (χ1n) is 15.2. The highest BCUT2D eigenvalue weighted by molar-refractivity contribution is 5.87. The molecule has 1 aromatic rings. The van der Waals surface area contributed by atoms with E-state index in [1.54, 1.807) is 55.8 Å². The highest BCUT2D eigenvalue weighted by atomic mass is 15.3. The minimum absolute atomic E-state index is 0.00156. The van der Waals surface area contributed by atoms with Crippen molar-refractivity contribution < 1.29 is 0 Å². The van der Waals surface area contributed by atoms with E-state index < -0.39 is 0 Å². The molecule has 4 heterocycles. The second kappa shape index (κ2) is 4.90. The molecule has 13 rings (SSSR count). The van der Waals surface area contributed by atoms with Crippen molar-refractivity contribution in [2.24, 2.45) is 29.6 Å². The Morgan fingerprint density at radius 3 is 2.61 bits per heavy atom. The van der Waals surface area contributed by atoms with Gasteiger partial charge in [-0.2, -0.15) is 0 Å². The first-order chi connectivity index (χ1) is 18.8. The lowest BCUT2D eigenvalue weighted by molar-refractivity contribution is -0.0812. The number of allylic oxidation sites excluding steroid dienone is 12. The van der Waals surface area contributed by atoms with Crippen molar-refractivity contribution in [3.05, 3.63) is 140 Å². The SMILES string of the molecule is C1=CC2CCC3C=CC4=C[C@]56CC[C@@]78C=CC9=CCC%10C=C1C1=C%11C%10=C9N7C5(C%11=C4C3C12)c1cc8ccc16. The van der Waals surface area contributed by atoms with E-state index in [0.29, 0.717) is 29.6 Å². The number of fused-ring (bicyclic) bond motifs is 1. The van der Waals surface area contributed by atoms with Gasteiger partial charge in [-0.05, 0) is 117 Å². The molecule has 0 radical (unpaired) electrons. The van der Waals surface area contributed by atoms with E-state index in [2.05, 4.69) is 77.8 Å². The summed E-state index contributed by atoms with van der Waals surface area (Å²) in [5.41, 5.74) is 20.0. The molecule has 1 saturated heterocycles. The summed E-state index contributed by atoms with van der Waals surface area (Å²) in [5, 5.41) is 0. The summed E-state index contributed by atoms with van der Waals surface area (Å²) in [4.78, 5) is 3.07. The van der Waals surface area contributed by atoms with Gasteiger partial charge in [0, 0.05) is 11.3 Å². The summed E-state index contributed by atoms with van der Waals surface area (Å²) in [5.74, 6) is 3.22. The Morgan fingerprint density at radius 1 is 0.816 bits per heavy atom. The topological polar surface area (TPSA) is 3.24 Å². The second-order valence-electron chi connectivity index (χ2n) is 14.3. The maximum Gasteiger partial charge on any atom is 0.106 e. The van der Waals surface area contributed by atoms with Crippen molar-refractivity contribution in [1.82, 2.24) is 4.90 Å². The summed E-state index contributed by atoms with van der Waals surface area (Å²) >= 11 is 0. The minimum Gasteiger partial charge on any atom is -0.342 e.